The van der Waals surface area contributed by atoms with Gasteiger partial charge in [0, 0.05) is 10.0 Å². The molecule has 0 saturated heterocycles. The highest BCUT2D eigenvalue weighted by molar-refractivity contribution is 7.22. The van der Waals surface area contributed by atoms with Crippen molar-refractivity contribution in [3.63, 3.8) is 0 Å². The number of hydrogen-bond donors (Lipinski definition) is 1. The lowest BCUT2D eigenvalue weighted by Crippen LogP contribution is -1.91. The molecule has 2 nitrogen and oxygen atoms in total. The molecule has 0 aliphatic rings. The van der Waals surface area contributed by atoms with Crippen molar-refractivity contribution in [3.8, 4) is 0 Å². The Morgan fingerprint density at radius 1 is 0.900 bits per heavy atom. The van der Waals surface area contributed by atoms with Gasteiger partial charge in [-0.25, -0.2) is 4.98 Å². The van der Waals surface area contributed by atoms with E-state index < -0.39 is 0 Å². The maximum Gasteiger partial charge on any atom is 0.188 e. The Labute approximate surface area is 139 Å². The number of fused-ring (bicyclic) bond motifs is 1. The Kier molecular flexibility index (Phi) is 3.98. The summed E-state index contributed by atoms with van der Waals surface area (Å²) >= 11 is 25.6. The number of nitrogens with one attached hydrogen (secondary N) is 1. The summed E-state index contributed by atoms with van der Waals surface area (Å²) in [4.78, 5) is 4.45. The van der Waals surface area contributed by atoms with E-state index in [1.165, 1.54) is 11.3 Å². The van der Waals surface area contributed by atoms with Crippen LogP contribution >= 0.6 is 57.7 Å². The molecule has 0 unspecified atom stereocenters. The number of thiazole rings is 1. The molecule has 1 heterocycles. The van der Waals surface area contributed by atoms with Crippen LogP contribution in [0.2, 0.25) is 20.1 Å². The van der Waals surface area contributed by atoms with Crippen molar-refractivity contribution in [2.45, 2.75) is 0 Å². The smallest absolute Gasteiger partial charge is 0.188 e. The Morgan fingerprint density at radius 2 is 1.60 bits per heavy atom. The Morgan fingerprint density at radius 3 is 2.30 bits per heavy atom. The van der Waals surface area contributed by atoms with E-state index in [4.69, 9.17) is 46.4 Å². The third-order valence-electron chi connectivity index (χ3n) is 2.59. The zero-order valence-corrected chi connectivity index (χ0v) is 13.6. The molecule has 0 aliphatic carbocycles. The van der Waals surface area contributed by atoms with E-state index in [1.54, 1.807) is 12.1 Å². The second-order valence-corrected chi connectivity index (χ2v) is 6.72. The van der Waals surface area contributed by atoms with Crippen molar-refractivity contribution in [2.75, 3.05) is 5.32 Å². The van der Waals surface area contributed by atoms with Crippen LogP contribution in [-0.4, -0.2) is 4.98 Å². The van der Waals surface area contributed by atoms with Crippen LogP contribution in [0.15, 0.2) is 30.3 Å². The first kappa shape index (κ1) is 14.2. The van der Waals surface area contributed by atoms with Gasteiger partial charge in [0.2, 0.25) is 0 Å². The molecular weight excluding hydrogens is 358 g/mol. The second-order valence-electron chi connectivity index (χ2n) is 4.00. The molecule has 7 heteroatoms. The molecule has 102 valence electrons. The number of halogens is 4. The van der Waals surface area contributed by atoms with Crippen LogP contribution in [0.25, 0.3) is 10.2 Å². The molecule has 0 saturated carbocycles. The van der Waals surface area contributed by atoms with E-state index in [0.29, 0.717) is 30.9 Å². The molecule has 0 amide bonds. The minimum Gasteiger partial charge on any atom is -0.329 e. The van der Waals surface area contributed by atoms with Gasteiger partial charge in [-0.3, -0.25) is 0 Å². The molecule has 0 atom stereocenters. The standard InChI is InChI=1S/C13H6Cl4N2S/c14-6-1-2-11-10(5-6)18-13(20-11)19-12-8(16)3-7(15)4-9(12)17/h1-5H,(H,18,19). The summed E-state index contributed by atoms with van der Waals surface area (Å²) in [5.74, 6) is 0. The highest BCUT2D eigenvalue weighted by Crippen LogP contribution is 2.37. The van der Waals surface area contributed by atoms with Crippen LogP contribution in [0.5, 0.6) is 0 Å². The lowest BCUT2D eigenvalue weighted by molar-refractivity contribution is 1.44. The van der Waals surface area contributed by atoms with E-state index >= 15 is 0 Å². The number of nitrogens with zero attached hydrogens (tertiary/aromatic N) is 1. The third kappa shape index (κ3) is 2.83. The van der Waals surface area contributed by atoms with Crippen LogP contribution in [-0.2, 0) is 0 Å². The van der Waals surface area contributed by atoms with Gasteiger partial charge in [0.1, 0.15) is 0 Å². The zero-order valence-electron chi connectivity index (χ0n) is 9.75. The fourth-order valence-electron chi connectivity index (χ4n) is 1.72. The lowest BCUT2D eigenvalue weighted by atomic mass is 10.3. The van der Waals surface area contributed by atoms with Gasteiger partial charge >= 0.3 is 0 Å². The number of rotatable bonds is 2. The predicted molar refractivity (Wildman–Crippen MR) is 89.4 cm³/mol. The van der Waals surface area contributed by atoms with E-state index in [1.807, 2.05) is 18.2 Å². The summed E-state index contributed by atoms with van der Waals surface area (Å²) in [6, 6.07) is 8.81. The van der Waals surface area contributed by atoms with E-state index in [9.17, 15) is 0 Å². The minimum absolute atomic E-state index is 0.444. The molecule has 3 aromatic rings. The molecule has 0 fully saturated rings. The van der Waals surface area contributed by atoms with Gasteiger partial charge in [-0.1, -0.05) is 57.7 Å². The monoisotopic (exact) mass is 362 g/mol. The molecule has 0 bridgehead atoms. The highest BCUT2D eigenvalue weighted by Gasteiger charge is 2.11. The Bertz CT molecular complexity index is 777. The van der Waals surface area contributed by atoms with Gasteiger partial charge in [-0.05, 0) is 30.3 Å². The topological polar surface area (TPSA) is 24.9 Å². The fraction of sp³-hybridized carbons (Fsp3) is 0. The van der Waals surface area contributed by atoms with E-state index in [2.05, 4.69) is 10.3 Å². The number of benzene rings is 2. The summed E-state index contributed by atoms with van der Waals surface area (Å²) in [6.45, 7) is 0. The van der Waals surface area contributed by atoms with Crippen LogP contribution in [0.3, 0.4) is 0 Å². The SMILES string of the molecule is Clc1cc(Cl)c(Nc2nc3cc(Cl)ccc3s2)c(Cl)c1. The maximum absolute atomic E-state index is 6.13. The quantitative estimate of drug-likeness (QED) is 0.551. The van der Waals surface area contributed by atoms with Crippen LogP contribution < -0.4 is 5.32 Å². The number of aromatic nitrogens is 1. The molecule has 20 heavy (non-hydrogen) atoms. The summed E-state index contributed by atoms with van der Waals surface area (Å²) < 4.78 is 1.03. The van der Waals surface area contributed by atoms with Crippen molar-refractivity contribution in [3.05, 3.63) is 50.4 Å². The van der Waals surface area contributed by atoms with Gasteiger partial charge in [0.25, 0.3) is 0 Å². The predicted octanol–water partition coefficient (Wildman–Crippen LogP) is 6.65. The molecule has 0 spiro atoms. The van der Waals surface area contributed by atoms with Crippen LogP contribution in [0, 0.1) is 0 Å². The normalized spacial score (nSPS) is 11.0. The Balaban J connectivity index is 2.01. The molecule has 2 aromatic carbocycles. The van der Waals surface area contributed by atoms with Gasteiger partial charge < -0.3 is 5.32 Å². The average molecular weight is 364 g/mol. The largest absolute Gasteiger partial charge is 0.329 e. The summed E-state index contributed by atoms with van der Waals surface area (Å²) in [7, 11) is 0. The maximum atomic E-state index is 6.13. The third-order valence-corrected chi connectivity index (χ3v) is 4.59. The van der Waals surface area contributed by atoms with Crippen molar-refractivity contribution in [1.29, 1.82) is 0 Å². The molecule has 0 radical (unpaired) electrons. The van der Waals surface area contributed by atoms with Gasteiger partial charge in [0.15, 0.2) is 5.13 Å². The van der Waals surface area contributed by atoms with Crippen molar-refractivity contribution in [1.82, 2.24) is 4.98 Å². The summed E-state index contributed by atoms with van der Waals surface area (Å²) in [5.41, 5.74) is 1.41. The van der Waals surface area contributed by atoms with Gasteiger partial charge in [-0.2, -0.15) is 0 Å². The van der Waals surface area contributed by atoms with Crippen LogP contribution in [0.1, 0.15) is 0 Å². The molecule has 1 aromatic heterocycles. The van der Waals surface area contributed by atoms with Crippen molar-refractivity contribution >= 4 is 78.8 Å². The second kappa shape index (κ2) is 5.58. The van der Waals surface area contributed by atoms with Gasteiger partial charge in [0.05, 0.1) is 25.9 Å². The van der Waals surface area contributed by atoms with Crippen LogP contribution in [0.4, 0.5) is 10.8 Å². The summed E-state index contributed by atoms with van der Waals surface area (Å²) in [6.07, 6.45) is 0. The number of anilines is 2. The lowest BCUT2D eigenvalue weighted by Gasteiger charge is -2.07. The number of hydrogen-bond acceptors (Lipinski definition) is 3. The van der Waals surface area contributed by atoms with Gasteiger partial charge in [-0.15, -0.1) is 0 Å². The average Bonchev–Trinajstić information content (AvgIpc) is 2.75. The van der Waals surface area contributed by atoms with E-state index in [0.717, 1.165) is 10.2 Å². The highest BCUT2D eigenvalue weighted by atomic mass is 35.5. The zero-order chi connectivity index (χ0) is 14.3. The first-order valence-electron chi connectivity index (χ1n) is 5.50. The molecular formula is C13H6Cl4N2S. The Hall–Kier alpha value is -0.710. The van der Waals surface area contributed by atoms with Crippen molar-refractivity contribution < 1.29 is 0 Å². The molecule has 1 N–H and O–H groups in total. The molecule has 3 rings (SSSR count). The first-order valence-corrected chi connectivity index (χ1v) is 7.83. The minimum atomic E-state index is 0.444. The van der Waals surface area contributed by atoms with E-state index in [-0.39, 0.29) is 0 Å². The van der Waals surface area contributed by atoms with Crippen molar-refractivity contribution in [2.24, 2.45) is 0 Å². The fourth-order valence-corrected chi connectivity index (χ4v) is 3.65. The summed E-state index contributed by atoms with van der Waals surface area (Å²) in [5, 5.41) is 5.83. The molecule has 0 aliphatic heterocycles. The first-order chi connectivity index (χ1) is 9.52.